The number of hydrogen-bond acceptors (Lipinski definition) is 3. The van der Waals surface area contributed by atoms with Gasteiger partial charge in [-0.05, 0) is 5.41 Å². The zero-order valence-electron chi connectivity index (χ0n) is 12.8. The molecule has 1 saturated heterocycles. The van der Waals surface area contributed by atoms with Crippen molar-refractivity contribution in [3.63, 3.8) is 0 Å². The van der Waals surface area contributed by atoms with Gasteiger partial charge in [0.15, 0.2) is 0 Å². The lowest BCUT2D eigenvalue weighted by atomic mass is 9.86. The largest absolute Gasteiger partial charge is 0.339 e. The topological polar surface area (TPSA) is 66.6 Å². The van der Waals surface area contributed by atoms with Crippen molar-refractivity contribution in [1.82, 2.24) is 9.80 Å². The minimum Gasteiger partial charge on any atom is -0.339 e. The van der Waals surface area contributed by atoms with Gasteiger partial charge in [-0.3, -0.25) is 9.59 Å². The maximum absolute atomic E-state index is 12.3. The molecule has 0 aromatic rings. The summed E-state index contributed by atoms with van der Waals surface area (Å²) in [6.45, 7) is 12.1. The van der Waals surface area contributed by atoms with E-state index >= 15 is 0 Å². The molecule has 1 atom stereocenters. The van der Waals surface area contributed by atoms with E-state index in [-0.39, 0.29) is 23.1 Å². The first kappa shape index (κ1) is 16.0. The van der Waals surface area contributed by atoms with E-state index in [4.69, 9.17) is 5.73 Å². The number of hydrogen-bond donors (Lipinski definition) is 1. The minimum atomic E-state index is -0.486. The second kappa shape index (κ2) is 5.90. The summed E-state index contributed by atoms with van der Waals surface area (Å²) >= 11 is 0. The van der Waals surface area contributed by atoms with Gasteiger partial charge in [0.25, 0.3) is 0 Å². The van der Waals surface area contributed by atoms with E-state index in [9.17, 15) is 9.59 Å². The third-order valence-corrected chi connectivity index (χ3v) is 3.60. The summed E-state index contributed by atoms with van der Waals surface area (Å²) in [5.41, 5.74) is 5.76. The van der Waals surface area contributed by atoms with Gasteiger partial charge in [-0.25, -0.2) is 0 Å². The van der Waals surface area contributed by atoms with Crippen LogP contribution in [-0.4, -0.2) is 53.8 Å². The van der Waals surface area contributed by atoms with Crippen LogP contribution in [0.25, 0.3) is 0 Å². The van der Waals surface area contributed by atoms with E-state index < -0.39 is 6.04 Å². The lowest BCUT2D eigenvalue weighted by molar-refractivity contribution is -0.143. The molecule has 0 aliphatic carbocycles. The molecule has 0 bridgehead atoms. The second-order valence-corrected chi connectivity index (χ2v) is 6.65. The molecule has 0 saturated carbocycles. The molecular formula is C14H27N3O2. The van der Waals surface area contributed by atoms with Crippen LogP contribution in [-0.2, 0) is 9.59 Å². The molecule has 19 heavy (non-hydrogen) atoms. The van der Waals surface area contributed by atoms with Crippen LogP contribution in [0.3, 0.4) is 0 Å². The maximum atomic E-state index is 12.3. The van der Waals surface area contributed by atoms with Crippen LogP contribution in [0, 0.1) is 11.3 Å². The number of carbonyl (C=O) groups is 2. The monoisotopic (exact) mass is 269 g/mol. The van der Waals surface area contributed by atoms with Crippen molar-refractivity contribution in [3.8, 4) is 0 Å². The first-order valence-corrected chi connectivity index (χ1v) is 6.97. The maximum Gasteiger partial charge on any atom is 0.240 e. The van der Waals surface area contributed by atoms with Crippen molar-refractivity contribution in [3.05, 3.63) is 0 Å². The van der Waals surface area contributed by atoms with Crippen LogP contribution in [0.2, 0.25) is 0 Å². The number of rotatable bonds is 2. The van der Waals surface area contributed by atoms with Crippen molar-refractivity contribution in [2.24, 2.45) is 17.1 Å². The smallest absolute Gasteiger partial charge is 0.240 e. The Morgan fingerprint density at radius 2 is 1.32 bits per heavy atom. The Hall–Kier alpha value is -1.10. The van der Waals surface area contributed by atoms with E-state index in [0.717, 1.165) is 0 Å². The van der Waals surface area contributed by atoms with Crippen LogP contribution in [0.15, 0.2) is 0 Å². The molecule has 1 rings (SSSR count). The molecule has 1 aliphatic rings. The van der Waals surface area contributed by atoms with Gasteiger partial charge in [-0.2, -0.15) is 0 Å². The van der Waals surface area contributed by atoms with Crippen molar-refractivity contribution in [2.45, 2.75) is 40.7 Å². The molecule has 0 aromatic carbocycles. The highest BCUT2D eigenvalue weighted by molar-refractivity contribution is 5.83. The second-order valence-electron chi connectivity index (χ2n) is 6.65. The molecule has 1 heterocycles. The molecule has 2 N–H and O–H groups in total. The predicted molar refractivity (Wildman–Crippen MR) is 75.4 cm³/mol. The highest BCUT2D eigenvalue weighted by Crippen LogP contribution is 2.20. The first-order valence-electron chi connectivity index (χ1n) is 6.97. The van der Waals surface area contributed by atoms with Gasteiger partial charge in [0, 0.05) is 32.1 Å². The molecule has 0 aromatic heterocycles. The Balaban J connectivity index is 2.55. The average Bonchev–Trinajstić information content (AvgIpc) is 2.35. The molecule has 0 spiro atoms. The zero-order chi connectivity index (χ0) is 14.8. The number of carbonyl (C=O) groups excluding carboxylic acids is 2. The molecule has 1 fully saturated rings. The number of nitrogens with zero attached hydrogens (tertiary/aromatic N) is 2. The minimum absolute atomic E-state index is 0.0101. The van der Waals surface area contributed by atoms with E-state index in [1.54, 1.807) is 4.90 Å². The number of piperazine rings is 1. The van der Waals surface area contributed by atoms with Gasteiger partial charge < -0.3 is 15.5 Å². The Bertz CT molecular complexity index is 339. The van der Waals surface area contributed by atoms with E-state index in [2.05, 4.69) is 0 Å². The highest BCUT2D eigenvalue weighted by Gasteiger charge is 2.33. The van der Waals surface area contributed by atoms with Crippen LogP contribution in [0.1, 0.15) is 34.6 Å². The van der Waals surface area contributed by atoms with Crippen molar-refractivity contribution in [1.29, 1.82) is 0 Å². The van der Waals surface area contributed by atoms with Gasteiger partial charge in [0.2, 0.25) is 11.8 Å². The van der Waals surface area contributed by atoms with E-state index in [1.807, 2.05) is 39.5 Å². The van der Waals surface area contributed by atoms with Gasteiger partial charge in [-0.1, -0.05) is 34.6 Å². The van der Waals surface area contributed by atoms with Crippen LogP contribution in [0.4, 0.5) is 0 Å². The zero-order valence-corrected chi connectivity index (χ0v) is 12.8. The predicted octanol–water partition coefficient (Wildman–Crippen LogP) is 0.687. The van der Waals surface area contributed by atoms with Gasteiger partial charge in [-0.15, -0.1) is 0 Å². The quantitative estimate of drug-likeness (QED) is 0.802. The molecular weight excluding hydrogens is 242 g/mol. The van der Waals surface area contributed by atoms with E-state index in [1.165, 1.54) is 0 Å². The molecule has 2 amide bonds. The lowest BCUT2D eigenvalue weighted by Crippen LogP contribution is -2.57. The van der Waals surface area contributed by atoms with Crippen LogP contribution >= 0.6 is 0 Å². The van der Waals surface area contributed by atoms with Gasteiger partial charge in [0.05, 0.1) is 6.04 Å². The summed E-state index contributed by atoms with van der Waals surface area (Å²) in [7, 11) is 0. The third-order valence-electron chi connectivity index (χ3n) is 3.60. The molecule has 1 aliphatic heterocycles. The van der Waals surface area contributed by atoms with Crippen LogP contribution < -0.4 is 5.73 Å². The lowest BCUT2D eigenvalue weighted by Gasteiger charge is -2.38. The van der Waals surface area contributed by atoms with E-state index in [0.29, 0.717) is 26.2 Å². The summed E-state index contributed by atoms with van der Waals surface area (Å²) in [6.07, 6.45) is 0. The summed E-state index contributed by atoms with van der Waals surface area (Å²) in [5.74, 6) is 0.162. The normalized spacial score (nSPS) is 18.7. The molecule has 5 nitrogen and oxygen atoms in total. The van der Waals surface area contributed by atoms with Crippen molar-refractivity contribution >= 4 is 11.8 Å². The molecule has 110 valence electrons. The fourth-order valence-electron chi connectivity index (χ4n) is 2.08. The molecule has 5 heteroatoms. The average molecular weight is 269 g/mol. The molecule has 1 unspecified atom stereocenters. The first-order chi connectivity index (χ1) is 8.64. The number of amides is 2. The van der Waals surface area contributed by atoms with Crippen molar-refractivity contribution < 1.29 is 9.59 Å². The Kier molecular flexibility index (Phi) is 4.96. The van der Waals surface area contributed by atoms with Gasteiger partial charge in [0.1, 0.15) is 0 Å². The van der Waals surface area contributed by atoms with Crippen LogP contribution in [0.5, 0.6) is 0 Å². The Morgan fingerprint density at radius 3 is 1.63 bits per heavy atom. The summed E-state index contributed by atoms with van der Waals surface area (Å²) in [5, 5.41) is 0. The standard InChI is InChI=1S/C14H27N3O2/c1-10(2)12(18)16-6-8-17(9-7-16)13(19)11(15)14(3,4)5/h10-11H,6-9,15H2,1-5H3. The fourth-order valence-corrected chi connectivity index (χ4v) is 2.08. The van der Waals surface area contributed by atoms with Gasteiger partial charge >= 0.3 is 0 Å². The Morgan fingerprint density at radius 1 is 0.947 bits per heavy atom. The molecule has 0 radical (unpaired) electrons. The highest BCUT2D eigenvalue weighted by atomic mass is 16.2. The third kappa shape index (κ3) is 3.93. The summed E-state index contributed by atoms with van der Waals surface area (Å²) in [4.78, 5) is 27.7. The summed E-state index contributed by atoms with van der Waals surface area (Å²) in [6, 6.07) is -0.486. The SMILES string of the molecule is CC(C)C(=O)N1CCN(C(=O)C(N)C(C)(C)C)CC1. The van der Waals surface area contributed by atoms with Crippen molar-refractivity contribution in [2.75, 3.05) is 26.2 Å². The fraction of sp³-hybridized carbons (Fsp3) is 0.857. The summed E-state index contributed by atoms with van der Waals surface area (Å²) < 4.78 is 0. The Labute approximate surface area is 116 Å². The number of nitrogens with two attached hydrogens (primary N) is 1.